The molecule has 31 heavy (non-hydrogen) atoms. The van der Waals surface area contributed by atoms with E-state index in [1.807, 2.05) is 24.3 Å². The molecule has 2 aromatic rings. The third-order valence-electron chi connectivity index (χ3n) is 5.93. The first-order valence-corrected chi connectivity index (χ1v) is 10.6. The minimum Gasteiger partial charge on any atom is -0.394 e. The van der Waals surface area contributed by atoms with Crippen molar-refractivity contribution in [2.45, 2.75) is 19.3 Å². The van der Waals surface area contributed by atoms with E-state index in [0.29, 0.717) is 40.4 Å². The third-order valence-corrected chi connectivity index (χ3v) is 5.93. The fourth-order valence-corrected chi connectivity index (χ4v) is 4.35. The third kappa shape index (κ3) is 3.66. The number of fused-ring (bicyclic) bond motifs is 2. The number of likely N-dealkylation sites (tertiary alicyclic amines) is 1. The van der Waals surface area contributed by atoms with Crippen molar-refractivity contribution < 1.29 is 9.63 Å². The molecular formula is C24H23N5O2. The standard InChI is InChI=1S/C24H23N5O2/c25-15-16-8-9-20-18(14-16)21(24(30)27-20)23-22(17-6-2-3-7-19(17)26-23)28-31-13-12-29-10-4-1-5-11-29/h2-3,6-9,14,26H,1,4-5,10-13H2,(H,27,30)/b23-21-,28-22+. The number of carbonyl (C=O) groups is 1. The highest BCUT2D eigenvalue weighted by molar-refractivity contribution is 6.39. The lowest BCUT2D eigenvalue weighted by molar-refractivity contribution is -0.110. The maximum Gasteiger partial charge on any atom is 0.258 e. The molecule has 0 aliphatic carbocycles. The van der Waals surface area contributed by atoms with Crippen LogP contribution in [0, 0.1) is 11.3 Å². The topological polar surface area (TPSA) is 89.8 Å². The van der Waals surface area contributed by atoms with E-state index in [9.17, 15) is 10.1 Å². The molecule has 1 fully saturated rings. The molecule has 0 saturated carbocycles. The molecule has 2 N–H and O–H groups in total. The van der Waals surface area contributed by atoms with Gasteiger partial charge < -0.3 is 15.5 Å². The number of oxime groups is 1. The second-order valence-corrected chi connectivity index (χ2v) is 7.92. The SMILES string of the molecule is N#Cc1ccc2c(c1)/C(=C1/Nc3ccccc3/C1=N\OCCN1CCCCC1)C(=O)N2. The molecule has 5 rings (SSSR count). The highest BCUT2D eigenvalue weighted by atomic mass is 16.6. The molecule has 7 heteroatoms. The molecule has 1 amide bonds. The second-order valence-electron chi connectivity index (χ2n) is 7.92. The Kier molecular flexibility index (Phi) is 5.14. The molecule has 1 saturated heterocycles. The van der Waals surface area contributed by atoms with Crippen molar-refractivity contribution >= 4 is 28.6 Å². The smallest absolute Gasteiger partial charge is 0.258 e. The first kappa shape index (κ1) is 19.3. The van der Waals surface area contributed by atoms with Gasteiger partial charge in [-0.1, -0.05) is 29.8 Å². The number of amides is 1. The lowest BCUT2D eigenvalue weighted by Crippen LogP contribution is -2.32. The summed E-state index contributed by atoms with van der Waals surface area (Å²) in [5.41, 5.74) is 5.33. The summed E-state index contributed by atoms with van der Waals surface area (Å²) in [5.74, 6) is -0.221. The van der Waals surface area contributed by atoms with Crippen LogP contribution in [0.3, 0.4) is 0 Å². The lowest BCUT2D eigenvalue weighted by atomic mass is 10.00. The summed E-state index contributed by atoms with van der Waals surface area (Å²) in [4.78, 5) is 21.0. The Morgan fingerprint density at radius 2 is 1.84 bits per heavy atom. The Balaban J connectivity index is 1.48. The Morgan fingerprint density at radius 3 is 2.68 bits per heavy atom. The van der Waals surface area contributed by atoms with Crippen LogP contribution in [0.1, 0.15) is 36.0 Å². The number of para-hydroxylation sites is 1. The molecule has 7 nitrogen and oxygen atoms in total. The van der Waals surface area contributed by atoms with Crippen LogP contribution >= 0.6 is 0 Å². The van der Waals surface area contributed by atoms with Crippen molar-refractivity contribution in [2.24, 2.45) is 5.16 Å². The van der Waals surface area contributed by atoms with Gasteiger partial charge in [-0.3, -0.25) is 9.69 Å². The van der Waals surface area contributed by atoms with E-state index in [0.717, 1.165) is 30.9 Å². The van der Waals surface area contributed by atoms with Gasteiger partial charge in [-0.05, 0) is 50.2 Å². The Bertz CT molecular complexity index is 1140. The van der Waals surface area contributed by atoms with E-state index in [1.165, 1.54) is 19.3 Å². The predicted molar refractivity (Wildman–Crippen MR) is 120 cm³/mol. The van der Waals surface area contributed by atoms with E-state index in [-0.39, 0.29) is 5.91 Å². The van der Waals surface area contributed by atoms with Gasteiger partial charge in [0.05, 0.1) is 22.9 Å². The van der Waals surface area contributed by atoms with Gasteiger partial charge >= 0.3 is 0 Å². The number of hydrogen-bond donors (Lipinski definition) is 2. The summed E-state index contributed by atoms with van der Waals surface area (Å²) in [6, 6.07) is 15.1. The minimum absolute atomic E-state index is 0.221. The predicted octanol–water partition coefficient (Wildman–Crippen LogP) is 3.55. The molecule has 156 valence electrons. The zero-order chi connectivity index (χ0) is 21.2. The fourth-order valence-electron chi connectivity index (χ4n) is 4.35. The van der Waals surface area contributed by atoms with Gasteiger partial charge in [0, 0.05) is 29.0 Å². The summed E-state index contributed by atoms with van der Waals surface area (Å²) in [5, 5.41) is 20.0. The van der Waals surface area contributed by atoms with Gasteiger partial charge in [-0.25, -0.2) is 0 Å². The van der Waals surface area contributed by atoms with Gasteiger partial charge in [0.2, 0.25) is 0 Å². The number of nitrogens with one attached hydrogen (secondary N) is 2. The van der Waals surface area contributed by atoms with Crippen LogP contribution in [0.2, 0.25) is 0 Å². The van der Waals surface area contributed by atoms with Crippen LogP contribution in [0.5, 0.6) is 0 Å². The van der Waals surface area contributed by atoms with Gasteiger partial charge in [-0.2, -0.15) is 5.26 Å². The van der Waals surface area contributed by atoms with Crippen LogP contribution in [0.25, 0.3) is 5.57 Å². The van der Waals surface area contributed by atoms with Gasteiger partial charge in [0.1, 0.15) is 12.3 Å². The van der Waals surface area contributed by atoms with Crippen molar-refractivity contribution in [2.75, 3.05) is 36.9 Å². The van der Waals surface area contributed by atoms with Gasteiger partial charge in [0.15, 0.2) is 0 Å². The highest BCUT2D eigenvalue weighted by Crippen LogP contribution is 2.39. The van der Waals surface area contributed by atoms with Crippen molar-refractivity contribution in [3.8, 4) is 6.07 Å². The Hall–Kier alpha value is -3.63. The molecule has 0 atom stereocenters. The van der Waals surface area contributed by atoms with E-state index in [4.69, 9.17) is 4.84 Å². The highest BCUT2D eigenvalue weighted by Gasteiger charge is 2.34. The number of nitriles is 1. The zero-order valence-electron chi connectivity index (χ0n) is 17.1. The molecule has 3 aliphatic rings. The maximum absolute atomic E-state index is 12.9. The number of allylic oxidation sites excluding steroid dienone is 1. The first-order chi connectivity index (χ1) is 15.2. The van der Waals surface area contributed by atoms with E-state index in [2.05, 4.69) is 26.8 Å². The van der Waals surface area contributed by atoms with E-state index >= 15 is 0 Å². The lowest BCUT2D eigenvalue weighted by Gasteiger charge is -2.25. The quantitative estimate of drug-likeness (QED) is 0.455. The monoisotopic (exact) mass is 413 g/mol. The van der Waals surface area contributed by atoms with Crippen molar-refractivity contribution in [1.82, 2.24) is 4.90 Å². The first-order valence-electron chi connectivity index (χ1n) is 10.6. The summed E-state index contributed by atoms with van der Waals surface area (Å²) in [6.45, 7) is 3.55. The molecular weight excluding hydrogens is 390 g/mol. The largest absolute Gasteiger partial charge is 0.394 e. The molecule has 0 radical (unpaired) electrons. The molecule has 2 aromatic carbocycles. The normalized spacial score (nSPS) is 21.3. The molecule has 0 unspecified atom stereocenters. The number of carbonyl (C=O) groups excluding carboxylic acids is 1. The number of nitrogens with zero attached hydrogens (tertiary/aromatic N) is 3. The molecule has 3 heterocycles. The number of hydrogen-bond acceptors (Lipinski definition) is 6. The van der Waals surface area contributed by atoms with Gasteiger partial charge in [0.25, 0.3) is 5.91 Å². The summed E-state index contributed by atoms with van der Waals surface area (Å²) in [7, 11) is 0. The minimum atomic E-state index is -0.221. The maximum atomic E-state index is 12.9. The van der Waals surface area contributed by atoms with Gasteiger partial charge in [-0.15, -0.1) is 0 Å². The summed E-state index contributed by atoms with van der Waals surface area (Å²) >= 11 is 0. The van der Waals surface area contributed by atoms with Crippen molar-refractivity contribution in [3.05, 3.63) is 64.9 Å². The number of anilines is 2. The number of piperidine rings is 1. The van der Waals surface area contributed by atoms with Crippen LogP contribution in [-0.4, -0.2) is 42.8 Å². The van der Waals surface area contributed by atoms with Crippen molar-refractivity contribution in [3.63, 3.8) is 0 Å². The zero-order valence-corrected chi connectivity index (χ0v) is 17.1. The Morgan fingerprint density at radius 1 is 1.03 bits per heavy atom. The Labute approximate surface area is 181 Å². The van der Waals surface area contributed by atoms with Crippen molar-refractivity contribution in [1.29, 1.82) is 5.26 Å². The molecule has 0 bridgehead atoms. The van der Waals surface area contributed by atoms with Crippen LogP contribution < -0.4 is 10.6 Å². The van der Waals surface area contributed by atoms with E-state index < -0.39 is 0 Å². The molecule has 3 aliphatic heterocycles. The average Bonchev–Trinajstić information content (AvgIpc) is 3.33. The fraction of sp³-hybridized carbons (Fsp3) is 0.292. The van der Waals surface area contributed by atoms with Crippen LogP contribution in [0.15, 0.2) is 53.3 Å². The van der Waals surface area contributed by atoms with E-state index in [1.54, 1.807) is 18.2 Å². The molecule has 0 spiro atoms. The number of benzene rings is 2. The number of rotatable bonds is 4. The second kappa shape index (κ2) is 8.25. The summed E-state index contributed by atoms with van der Waals surface area (Å²) < 4.78 is 0. The van der Waals surface area contributed by atoms with Crippen LogP contribution in [-0.2, 0) is 9.63 Å². The van der Waals surface area contributed by atoms with Crippen LogP contribution in [0.4, 0.5) is 11.4 Å². The summed E-state index contributed by atoms with van der Waals surface area (Å²) in [6.07, 6.45) is 3.78. The molecule has 0 aromatic heterocycles. The average molecular weight is 413 g/mol.